The number of carboxylic acids is 1. The number of rotatable bonds is 6. The van der Waals surface area contributed by atoms with Crippen LogP contribution in [0.25, 0.3) is 0 Å². The number of halogens is 4. The molecule has 0 amide bonds. The lowest BCUT2D eigenvalue weighted by atomic mass is 9.92. The second kappa shape index (κ2) is 10.1. The number of carboxylic acid groups (broad SMARTS) is 1. The van der Waals surface area contributed by atoms with Gasteiger partial charge in [0, 0.05) is 11.8 Å². The number of hydrogen-bond donors (Lipinski definition) is 2. The maximum absolute atomic E-state index is 13.9. The number of piperidine rings is 1. The van der Waals surface area contributed by atoms with Crippen molar-refractivity contribution in [2.75, 3.05) is 26.0 Å². The van der Waals surface area contributed by atoms with E-state index in [9.17, 15) is 26.0 Å². The van der Waals surface area contributed by atoms with E-state index in [2.05, 4.69) is 5.32 Å². The Kier molecular flexibility index (Phi) is 8.23. The van der Waals surface area contributed by atoms with Crippen LogP contribution in [0.1, 0.15) is 24.8 Å². The van der Waals surface area contributed by atoms with Gasteiger partial charge in [-0.25, -0.2) is 17.6 Å². The number of benzene rings is 1. The molecule has 0 unspecified atom stereocenters. The molecule has 6 nitrogen and oxygen atoms in total. The third-order valence-corrected chi connectivity index (χ3v) is 6.36. The lowest BCUT2D eigenvalue weighted by Gasteiger charge is -2.22. The number of carbonyl (C=O) groups is 1. The van der Waals surface area contributed by atoms with Crippen molar-refractivity contribution in [2.24, 2.45) is 17.8 Å². The van der Waals surface area contributed by atoms with Crippen molar-refractivity contribution in [2.45, 2.75) is 36.9 Å². The minimum atomic E-state index is -5.08. The molecule has 0 bridgehead atoms. The summed E-state index contributed by atoms with van der Waals surface area (Å²) in [5, 5.41) is 10.5. The van der Waals surface area contributed by atoms with Crippen LogP contribution in [-0.4, -0.2) is 51.6 Å². The van der Waals surface area contributed by atoms with Crippen LogP contribution in [0.5, 0.6) is 0 Å². The van der Waals surface area contributed by atoms with Gasteiger partial charge in [0.05, 0.1) is 18.1 Å². The zero-order valence-corrected chi connectivity index (χ0v) is 17.2. The highest BCUT2D eigenvalue weighted by atomic mass is 32.2. The molecule has 30 heavy (non-hydrogen) atoms. The fourth-order valence-electron chi connectivity index (χ4n) is 3.51. The van der Waals surface area contributed by atoms with Gasteiger partial charge in [0.2, 0.25) is 0 Å². The van der Waals surface area contributed by atoms with Crippen LogP contribution >= 0.6 is 0 Å². The first-order valence-electron chi connectivity index (χ1n) is 9.46. The number of nitrogens with one attached hydrogen (secondary N) is 1. The Labute approximate surface area is 172 Å². The lowest BCUT2D eigenvalue weighted by Crippen LogP contribution is -2.29. The molecular weight excluding hydrogens is 430 g/mol. The fraction of sp³-hybridized carbons (Fsp3) is 0.632. The smallest absolute Gasteiger partial charge is 0.475 e. The van der Waals surface area contributed by atoms with Crippen molar-refractivity contribution in [3.05, 3.63) is 29.6 Å². The Balaban J connectivity index is 0.000000396. The van der Waals surface area contributed by atoms with Crippen molar-refractivity contribution in [1.82, 2.24) is 5.32 Å². The number of aliphatic carboxylic acids is 1. The molecule has 0 spiro atoms. The lowest BCUT2D eigenvalue weighted by molar-refractivity contribution is -0.192. The van der Waals surface area contributed by atoms with Crippen molar-refractivity contribution in [3.63, 3.8) is 0 Å². The maximum atomic E-state index is 13.9. The van der Waals surface area contributed by atoms with E-state index in [-0.39, 0.29) is 11.5 Å². The van der Waals surface area contributed by atoms with Gasteiger partial charge in [0.1, 0.15) is 5.82 Å². The van der Waals surface area contributed by atoms with E-state index in [1.807, 2.05) is 0 Å². The number of hydrogen-bond acceptors (Lipinski definition) is 5. The van der Waals surface area contributed by atoms with E-state index in [0.717, 1.165) is 37.2 Å². The molecule has 0 radical (unpaired) electrons. The number of ether oxygens (including phenoxy) is 1. The molecule has 170 valence electrons. The summed E-state index contributed by atoms with van der Waals surface area (Å²) >= 11 is 0. The van der Waals surface area contributed by atoms with Gasteiger partial charge in [-0.05, 0) is 62.2 Å². The number of alkyl halides is 3. The molecule has 1 heterocycles. The number of sulfone groups is 1. The van der Waals surface area contributed by atoms with Crippen LogP contribution in [0, 0.1) is 23.6 Å². The van der Waals surface area contributed by atoms with Crippen LogP contribution in [0.3, 0.4) is 0 Å². The molecule has 2 aliphatic rings. The Morgan fingerprint density at radius 2 is 1.87 bits per heavy atom. The predicted octanol–water partition coefficient (Wildman–Crippen LogP) is 3.01. The molecule has 11 heteroatoms. The van der Waals surface area contributed by atoms with Crippen molar-refractivity contribution in [1.29, 1.82) is 0 Å². The second-order valence-electron chi connectivity index (χ2n) is 7.59. The van der Waals surface area contributed by atoms with Gasteiger partial charge in [-0.3, -0.25) is 0 Å². The van der Waals surface area contributed by atoms with E-state index in [1.165, 1.54) is 31.4 Å². The van der Waals surface area contributed by atoms with E-state index < -0.39 is 27.8 Å². The highest BCUT2D eigenvalue weighted by Crippen LogP contribution is 2.47. The molecule has 2 fully saturated rings. The third kappa shape index (κ3) is 7.51. The maximum Gasteiger partial charge on any atom is 0.490 e. The Bertz CT molecular complexity index is 838. The van der Waals surface area contributed by atoms with Crippen LogP contribution in [0.15, 0.2) is 23.1 Å². The summed E-state index contributed by atoms with van der Waals surface area (Å²) in [5.74, 6) is -1.08. The standard InChI is InChI=1S/C17H24FNO3S.C2HF3O2/c1-23(20,21)15-3-2-13(17(18)9-15)10-22-11-14-8-16(14)12-4-6-19-7-5-12;3-2(4,5)1(6)7/h2-3,9,12,14,16,19H,4-8,10-11H2,1H3;(H,6,7)/t14-,16+;/m0./s1. The van der Waals surface area contributed by atoms with Crippen molar-refractivity contribution < 1.29 is 40.6 Å². The molecule has 1 aromatic rings. The van der Waals surface area contributed by atoms with Gasteiger partial charge in [0.15, 0.2) is 9.84 Å². The SMILES string of the molecule is CS(=O)(=O)c1ccc(COC[C@@H]2C[C@@H]2C2CCNCC2)c(F)c1.O=C(O)C(F)(F)F. The first-order chi connectivity index (χ1) is 13.9. The van der Waals surface area contributed by atoms with E-state index >= 15 is 0 Å². The summed E-state index contributed by atoms with van der Waals surface area (Å²) in [6.45, 7) is 3.10. The molecule has 2 atom stereocenters. The molecule has 0 aromatic heterocycles. The van der Waals surface area contributed by atoms with E-state index in [4.69, 9.17) is 14.6 Å². The fourth-order valence-corrected chi connectivity index (χ4v) is 4.14. The summed E-state index contributed by atoms with van der Waals surface area (Å²) < 4.78 is 74.1. The van der Waals surface area contributed by atoms with Gasteiger partial charge in [-0.15, -0.1) is 0 Å². The first kappa shape index (κ1) is 24.5. The van der Waals surface area contributed by atoms with Crippen LogP contribution in [-0.2, 0) is 26.0 Å². The highest BCUT2D eigenvalue weighted by molar-refractivity contribution is 7.90. The molecule has 1 aromatic carbocycles. The Morgan fingerprint density at radius 1 is 1.27 bits per heavy atom. The molecule has 1 saturated heterocycles. The average Bonchev–Trinajstić information content (AvgIpc) is 3.42. The molecule has 3 rings (SSSR count). The molecule has 1 aliphatic heterocycles. The third-order valence-electron chi connectivity index (χ3n) is 5.25. The Morgan fingerprint density at radius 3 is 2.37 bits per heavy atom. The molecule has 1 saturated carbocycles. The topological polar surface area (TPSA) is 92.7 Å². The molecule has 1 aliphatic carbocycles. The summed E-state index contributed by atoms with van der Waals surface area (Å²) in [6.07, 6.45) is -0.280. The van der Waals surface area contributed by atoms with Gasteiger partial charge in [0.25, 0.3) is 0 Å². The minimum Gasteiger partial charge on any atom is -0.475 e. The van der Waals surface area contributed by atoms with Gasteiger partial charge < -0.3 is 15.2 Å². The van der Waals surface area contributed by atoms with Crippen molar-refractivity contribution >= 4 is 15.8 Å². The highest BCUT2D eigenvalue weighted by Gasteiger charge is 2.42. The largest absolute Gasteiger partial charge is 0.490 e. The van der Waals surface area contributed by atoms with Crippen LogP contribution in [0.2, 0.25) is 0 Å². The van der Waals surface area contributed by atoms with Crippen molar-refractivity contribution in [3.8, 4) is 0 Å². The monoisotopic (exact) mass is 455 g/mol. The van der Waals surface area contributed by atoms with Crippen LogP contribution in [0.4, 0.5) is 17.6 Å². The summed E-state index contributed by atoms with van der Waals surface area (Å²) in [5.41, 5.74) is 0.413. The van der Waals surface area contributed by atoms with Gasteiger partial charge in [-0.1, -0.05) is 6.07 Å². The summed E-state index contributed by atoms with van der Waals surface area (Å²) in [7, 11) is -3.37. The Hall–Kier alpha value is -1.72. The first-order valence-corrected chi connectivity index (χ1v) is 11.4. The van der Waals surface area contributed by atoms with Gasteiger partial charge in [-0.2, -0.15) is 13.2 Å². The minimum absolute atomic E-state index is 0.00640. The predicted molar refractivity (Wildman–Crippen MR) is 100 cm³/mol. The second-order valence-corrected chi connectivity index (χ2v) is 9.61. The van der Waals surface area contributed by atoms with Gasteiger partial charge >= 0.3 is 12.1 Å². The van der Waals surface area contributed by atoms with E-state index in [0.29, 0.717) is 18.1 Å². The molecule has 2 N–H and O–H groups in total. The average molecular weight is 455 g/mol. The normalized spacial score (nSPS) is 22.2. The zero-order chi connectivity index (χ0) is 22.5. The summed E-state index contributed by atoms with van der Waals surface area (Å²) in [6, 6.07) is 4.01. The van der Waals surface area contributed by atoms with E-state index in [1.54, 1.807) is 0 Å². The zero-order valence-electron chi connectivity index (χ0n) is 16.4. The van der Waals surface area contributed by atoms with Crippen LogP contribution < -0.4 is 5.32 Å². The quantitative estimate of drug-likeness (QED) is 0.641. The molecular formula is C19H25F4NO5S. The summed E-state index contributed by atoms with van der Waals surface area (Å²) in [4.78, 5) is 8.90.